The van der Waals surface area contributed by atoms with Gasteiger partial charge in [0.2, 0.25) is 0 Å². The van der Waals surface area contributed by atoms with Crippen molar-refractivity contribution in [3.05, 3.63) is 30.7 Å². The summed E-state index contributed by atoms with van der Waals surface area (Å²) in [7, 11) is 1.27. The van der Waals surface area contributed by atoms with Crippen molar-refractivity contribution in [2.24, 2.45) is 0 Å². The molecule has 0 fully saturated rings. The molecular formula is C9H8F3O2. The van der Waals surface area contributed by atoms with Gasteiger partial charge in [-0.2, -0.15) is 0 Å². The topological polar surface area (TPSA) is 18.5 Å². The van der Waals surface area contributed by atoms with Crippen LogP contribution in [0, 0.1) is 6.92 Å². The molecule has 0 aliphatic carbocycles. The number of hydrogen-bond donors (Lipinski definition) is 0. The molecule has 0 saturated heterocycles. The smallest absolute Gasteiger partial charge is 0.493 e. The van der Waals surface area contributed by atoms with E-state index >= 15 is 0 Å². The normalized spacial score (nSPS) is 11.2. The lowest BCUT2D eigenvalue weighted by atomic mass is 10.2. The highest BCUT2D eigenvalue weighted by atomic mass is 19.4. The second kappa shape index (κ2) is 3.77. The van der Waals surface area contributed by atoms with Gasteiger partial charge in [-0.1, -0.05) is 6.07 Å². The highest BCUT2D eigenvalue weighted by Gasteiger charge is 2.32. The fourth-order valence-electron chi connectivity index (χ4n) is 0.926. The Morgan fingerprint density at radius 3 is 2.36 bits per heavy atom. The quantitative estimate of drug-likeness (QED) is 0.739. The van der Waals surface area contributed by atoms with E-state index in [1.165, 1.54) is 19.2 Å². The molecule has 1 aromatic carbocycles. The first-order chi connectivity index (χ1) is 6.42. The van der Waals surface area contributed by atoms with Crippen molar-refractivity contribution in [1.29, 1.82) is 0 Å². The summed E-state index contributed by atoms with van der Waals surface area (Å²) < 4.78 is 44.1. The molecule has 5 heteroatoms. The number of rotatable bonds is 2. The molecule has 0 heterocycles. The average Bonchev–Trinajstić information content (AvgIpc) is 2.01. The van der Waals surface area contributed by atoms with E-state index in [1.807, 2.05) is 0 Å². The summed E-state index contributed by atoms with van der Waals surface area (Å²) in [5, 5.41) is 0. The molecule has 0 bridgehead atoms. The van der Waals surface area contributed by atoms with Gasteiger partial charge in [-0.3, -0.25) is 0 Å². The minimum absolute atomic E-state index is 0.0229. The van der Waals surface area contributed by atoms with Crippen molar-refractivity contribution in [2.45, 2.75) is 6.36 Å². The largest absolute Gasteiger partial charge is 0.573 e. The number of halogens is 3. The minimum atomic E-state index is -4.72. The van der Waals surface area contributed by atoms with Gasteiger partial charge in [-0.25, -0.2) is 0 Å². The van der Waals surface area contributed by atoms with Gasteiger partial charge in [-0.15, -0.1) is 13.2 Å². The van der Waals surface area contributed by atoms with Gasteiger partial charge in [0.1, 0.15) is 0 Å². The SMILES string of the molecule is [CH2]c1ccc(OC)c(OC(F)(F)F)c1. The first-order valence-corrected chi connectivity index (χ1v) is 3.68. The van der Waals surface area contributed by atoms with Crippen LogP contribution in [0.15, 0.2) is 18.2 Å². The van der Waals surface area contributed by atoms with Gasteiger partial charge in [0, 0.05) is 0 Å². The molecule has 0 saturated carbocycles. The zero-order valence-corrected chi connectivity index (χ0v) is 7.39. The molecule has 14 heavy (non-hydrogen) atoms. The van der Waals surface area contributed by atoms with Crippen LogP contribution >= 0.6 is 0 Å². The van der Waals surface area contributed by atoms with E-state index in [9.17, 15) is 13.2 Å². The van der Waals surface area contributed by atoms with E-state index in [1.54, 1.807) is 0 Å². The van der Waals surface area contributed by atoms with Gasteiger partial charge in [0.15, 0.2) is 11.5 Å². The molecule has 77 valence electrons. The van der Waals surface area contributed by atoms with E-state index in [0.717, 1.165) is 6.07 Å². The number of alkyl halides is 3. The van der Waals surface area contributed by atoms with Gasteiger partial charge >= 0.3 is 6.36 Å². The fourth-order valence-corrected chi connectivity index (χ4v) is 0.926. The molecule has 2 nitrogen and oxygen atoms in total. The van der Waals surface area contributed by atoms with Crippen molar-refractivity contribution < 1.29 is 22.6 Å². The lowest BCUT2D eigenvalue weighted by Gasteiger charge is -2.12. The maximum Gasteiger partial charge on any atom is 0.573 e. The standard InChI is InChI=1S/C9H8F3O2/c1-6-3-4-7(13-2)8(5-6)14-9(10,11)12/h3-5H,1H2,2H3. The van der Waals surface area contributed by atoms with Crippen molar-refractivity contribution in [3.8, 4) is 11.5 Å². The summed E-state index contributed by atoms with van der Waals surface area (Å²) in [6.07, 6.45) is -4.72. The Hall–Kier alpha value is -1.39. The van der Waals surface area contributed by atoms with Gasteiger partial charge < -0.3 is 9.47 Å². The molecule has 1 rings (SSSR count). The maximum atomic E-state index is 11.9. The maximum absolute atomic E-state index is 11.9. The Kier molecular flexibility index (Phi) is 2.88. The van der Waals surface area contributed by atoms with Crippen molar-refractivity contribution in [3.63, 3.8) is 0 Å². The van der Waals surface area contributed by atoms with Crippen LogP contribution in [0.3, 0.4) is 0 Å². The van der Waals surface area contributed by atoms with Crippen molar-refractivity contribution in [1.82, 2.24) is 0 Å². The third kappa shape index (κ3) is 2.83. The van der Waals surface area contributed by atoms with Gasteiger partial charge in [0.05, 0.1) is 7.11 Å². The van der Waals surface area contributed by atoms with Crippen LogP contribution in [0.2, 0.25) is 0 Å². The molecule has 0 spiro atoms. The van der Waals surface area contributed by atoms with Crippen LogP contribution in [0.5, 0.6) is 11.5 Å². The summed E-state index contributed by atoms with van der Waals surface area (Å²) in [6.45, 7) is 3.48. The highest BCUT2D eigenvalue weighted by molar-refractivity contribution is 5.43. The molecule has 1 aromatic rings. The summed E-state index contributed by atoms with van der Waals surface area (Å²) in [5.74, 6) is -0.359. The fraction of sp³-hybridized carbons (Fsp3) is 0.222. The van der Waals surface area contributed by atoms with Crippen LogP contribution in [-0.4, -0.2) is 13.5 Å². The van der Waals surface area contributed by atoms with E-state index < -0.39 is 6.36 Å². The zero-order valence-electron chi connectivity index (χ0n) is 7.39. The lowest BCUT2D eigenvalue weighted by Crippen LogP contribution is -2.17. The summed E-state index contributed by atoms with van der Waals surface area (Å²) in [4.78, 5) is 0. The number of methoxy groups -OCH3 is 1. The third-order valence-corrected chi connectivity index (χ3v) is 1.45. The van der Waals surface area contributed by atoms with Crippen LogP contribution in [0.1, 0.15) is 5.56 Å². The number of benzene rings is 1. The van der Waals surface area contributed by atoms with Gasteiger partial charge in [0.25, 0.3) is 0 Å². The predicted molar refractivity (Wildman–Crippen MR) is 44.1 cm³/mol. The van der Waals surface area contributed by atoms with E-state index in [-0.39, 0.29) is 11.5 Å². The Labute approximate surface area is 79.2 Å². The van der Waals surface area contributed by atoms with Crippen LogP contribution in [0.25, 0.3) is 0 Å². The van der Waals surface area contributed by atoms with Crippen LogP contribution < -0.4 is 9.47 Å². The molecule has 0 aromatic heterocycles. The number of ether oxygens (including phenoxy) is 2. The monoisotopic (exact) mass is 205 g/mol. The molecule has 1 radical (unpaired) electrons. The predicted octanol–water partition coefficient (Wildman–Crippen LogP) is 2.78. The Balaban J connectivity index is 2.99. The van der Waals surface area contributed by atoms with E-state index in [0.29, 0.717) is 5.56 Å². The second-order valence-corrected chi connectivity index (χ2v) is 2.53. The number of hydrogen-bond acceptors (Lipinski definition) is 2. The molecule has 0 atom stereocenters. The molecular weight excluding hydrogens is 197 g/mol. The first-order valence-electron chi connectivity index (χ1n) is 3.68. The molecule has 0 N–H and O–H groups in total. The average molecular weight is 205 g/mol. The summed E-state index contributed by atoms with van der Waals surface area (Å²) in [6, 6.07) is 4.05. The Morgan fingerprint density at radius 1 is 1.21 bits per heavy atom. The Morgan fingerprint density at radius 2 is 1.86 bits per heavy atom. The Bertz CT molecular complexity index is 320. The van der Waals surface area contributed by atoms with Crippen molar-refractivity contribution in [2.75, 3.05) is 7.11 Å². The highest BCUT2D eigenvalue weighted by Crippen LogP contribution is 2.32. The lowest BCUT2D eigenvalue weighted by molar-refractivity contribution is -0.275. The summed E-state index contributed by atoms with van der Waals surface area (Å²) in [5.41, 5.74) is 0.421. The zero-order chi connectivity index (χ0) is 10.8. The molecule has 0 amide bonds. The first kappa shape index (κ1) is 10.7. The molecule has 0 unspecified atom stereocenters. The van der Waals surface area contributed by atoms with E-state index in [4.69, 9.17) is 4.74 Å². The van der Waals surface area contributed by atoms with Crippen molar-refractivity contribution >= 4 is 0 Å². The van der Waals surface area contributed by atoms with E-state index in [2.05, 4.69) is 11.7 Å². The molecule has 0 aliphatic heterocycles. The van der Waals surface area contributed by atoms with Gasteiger partial charge in [-0.05, 0) is 24.6 Å². The second-order valence-electron chi connectivity index (χ2n) is 2.53. The van der Waals surface area contributed by atoms with Crippen LogP contribution in [0.4, 0.5) is 13.2 Å². The minimum Gasteiger partial charge on any atom is -0.493 e. The molecule has 0 aliphatic rings. The third-order valence-electron chi connectivity index (χ3n) is 1.45. The van der Waals surface area contributed by atoms with Crippen LogP contribution in [-0.2, 0) is 0 Å². The summed E-state index contributed by atoms with van der Waals surface area (Å²) >= 11 is 0.